The van der Waals surface area contributed by atoms with Gasteiger partial charge in [0.25, 0.3) is 0 Å². The Kier molecular flexibility index (Phi) is 11.7. The quantitative estimate of drug-likeness (QED) is 0.190. The SMILES string of the molecule is COCC(C)NC(=NCCCCCSC)NN. The molecular weight excluding hydrogens is 236 g/mol. The molecule has 0 fully saturated rings. The van der Waals surface area contributed by atoms with Gasteiger partial charge >= 0.3 is 0 Å². The summed E-state index contributed by atoms with van der Waals surface area (Å²) in [6.07, 6.45) is 5.72. The van der Waals surface area contributed by atoms with Crippen molar-refractivity contribution in [1.82, 2.24) is 10.7 Å². The molecule has 0 aliphatic rings. The minimum absolute atomic E-state index is 0.200. The molecule has 0 saturated carbocycles. The summed E-state index contributed by atoms with van der Waals surface area (Å²) < 4.78 is 5.03. The molecule has 0 aromatic rings. The van der Waals surface area contributed by atoms with E-state index >= 15 is 0 Å². The Bertz CT molecular complexity index is 202. The molecule has 0 aliphatic carbocycles. The predicted molar refractivity (Wildman–Crippen MR) is 76.3 cm³/mol. The summed E-state index contributed by atoms with van der Waals surface area (Å²) >= 11 is 1.89. The van der Waals surface area contributed by atoms with Crippen LogP contribution in [0.3, 0.4) is 0 Å². The average Bonchev–Trinajstić information content (AvgIpc) is 2.32. The van der Waals surface area contributed by atoms with Gasteiger partial charge in [-0.25, -0.2) is 5.84 Å². The molecule has 0 aromatic carbocycles. The van der Waals surface area contributed by atoms with Gasteiger partial charge in [-0.1, -0.05) is 6.42 Å². The summed E-state index contributed by atoms with van der Waals surface area (Å²) in [7, 11) is 1.68. The van der Waals surface area contributed by atoms with Gasteiger partial charge in [0.1, 0.15) is 0 Å². The van der Waals surface area contributed by atoms with Crippen molar-refractivity contribution in [2.24, 2.45) is 10.8 Å². The van der Waals surface area contributed by atoms with Crippen molar-refractivity contribution in [3.8, 4) is 0 Å². The van der Waals surface area contributed by atoms with Crippen molar-refractivity contribution in [3.63, 3.8) is 0 Å². The van der Waals surface area contributed by atoms with Crippen LogP contribution in [-0.4, -0.2) is 44.3 Å². The lowest BCUT2D eigenvalue weighted by Crippen LogP contribution is -2.46. The fourth-order valence-electron chi connectivity index (χ4n) is 1.38. The molecule has 0 radical (unpaired) electrons. The number of hydrogen-bond acceptors (Lipinski definition) is 4. The van der Waals surface area contributed by atoms with Crippen molar-refractivity contribution in [3.05, 3.63) is 0 Å². The number of thioether (sulfide) groups is 1. The number of aliphatic imine (C=N–C) groups is 1. The third kappa shape index (κ3) is 10.4. The maximum absolute atomic E-state index is 5.39. The van der Waals surface area contributed by atoms with E-state index in [1.54, 1.807) is 7.11 Å². The third-order valence-electron chi connectivity index (χ3n) is 2.21. The number of ether oxygens (including phenoxy) is 1. The molecule has 0 saturated heterocycles. The Balaban J connectivity index is 3.69. The second-order valence-electron chi connectivity index (χ2n) is 3.93. The fourth-order valence-corrected chi connectivity index (χ4v) is 1.88. The molecule has 0 spiro atoms. The first-order chi connectivity index (χ1) is 8.24. The summed E-state index contributed by atoms with van der Waals surface area (Å²) in [5, 5.41) is 3.15. The van der Waals surface area contributed by atoms with Crippen LogP contribution in [0.1, 0.15) is 26.2 Å². The monoisotopic (exact) mass is 262 g/mol. The molecule has 0 amide bonds. The molecule has 1 atom stereocenters. The van der Waals surface area contributed by atoms with Crippen LogP contribution in [-0.2, 0) is 4.74 Å². The van der Waals surface area contributed by atoms with Crippen LogP contribution in [0.2, 0.25) is 0 Å². The maximum Gasteiger partial charge on any atom is 0.206 e. The lowest BCUT2D eigenvalue weighted by atomic mass is 10.2. The average molecular weight is 262 g/mol. The number of hydrogen-bond donors (Lipinski definition) is 3. The van der Waals surface area contributed by atoms with E-state index < -0.39 is 0 Å². The first-order valence-corrected chi connectivity index (χ1v) is 7.39. The van der Waals surface area contributed by atoms with E-state index in [-0.39, 0.29) is 6.04 Å². The van der Waals surface area contributed by atoms with E-state index in [1.165, 1.54) is 18.6 Å². The van der Waals surface area contributed by atoms with Crippen LogP contribution >= 0.6 is 11.8 Å². The van der Waals surface area contributed by atoms with Gasteiger partial charge in [0.05, 0.1) is 6.61 Å². The van der Waals surface area contributed by atoms with Gasteiger partial charge < -0.3 is 10.1 Å². The number of methoxy groups -OCH3 is 1. The predicted octanol–water partition coefficient (Wildman–Crippen LogP) is 0.964. The topological polar surface area (TPSA) is 71.7 Å². The van der Waals surface area contributed by atoms with Crippen molar-refractivity contribution in [1.29, 1.82) is 0 Å². The van der Waals surface area contributed by atoms with E-state index in [0.29, 0.717) is 12.6 Å². The number of hydrazine groups is 1. The summed E-state index contributed by atoms with van der Waals surface area (Å²) in [6.45, 7) is 3.46. The highest BCUT2D eigenvalue weighted by Gasteiger charge is 2.02. The number of unbranched alkanes of at least 4 members (excludes halogenated alkanes) is 2. The Morgan fingerprint density at radius 1 is 1.41 bits per heavy atom. The Morgan fingerprint density at radius 2 is 2.18 bits per heavy atom. The normalized spacial score (nSPS) is 13.5. The highest BCUT2D eigenvalue weighted by atomic mass is 32.2. The molecular formula is C11H26N4OS. The van der Waals surface area contributed by atoms with Crippen molar-refractivity contribution >= 4 is 17.7 Å². The molecule has 0 aliphatic heterocycles. The highest BCUT2D eigenvalue weighted by molar-refractivity contribution is 7.98. The van der Waals surface area contributed by atoms with Gasteiger partial charge in [-0.15, -0.1) is 0 Å². The molecule has 17 heavy (non-hydrogen) atoms. The van der Waals surface area contributed by atoms with Crippen LogP contribution in [0, 0.1) is 0 Å². The summed E-state index contributed by atoms with van der Waals surface area (Å²) in [4.78, 5) is 4.37. The third-order valence-corrected chi connectivity index (χ3v) is 2.91. The van der Waals surface area contributed by atoms with Gasteiger partial charge in [-0.3, -0.25) is 10.4 Å². The minimum Gasteiger partial charge on any atom is -0.383 e. The van der Waals surface area contributed by atoms with Crippen molar-refractivity contribution < 1.29 is 4.74 Å². The first kappa shape index (κ1) is 16.5. The molecule has 0 aromatic heterocycles. The first-order valence-electron chi connectivity index (χ1n) is 6.00. The second kappa shape index (κ2) is 12.0. The molecule has 6 heteroatoms. The van der Waals surface area contributed by atoms with Gasteiger partial charge in [-0.2, -0.15) is 11.8 Å². The largest absolute Gasteiger partial charge is 0.383 e. The lowest BCUT2D eigenvalue weighted by Gasteiger charge is -2.15. The van der Waals surface area contributed by atoms with Gasteiger partial charge in [0.2, 0.25) is 5.96 Å². The zero-order chi connectivity index (χ0) is 12.9. The van der Waals surface area contributed by atoms with E-state index in [9.17, 15) is 0 Å². The van der Waals surface area contributed by atoms with Crippen molar-refractivity contribution in [2.45, 2.75) is 32.2 Å². The Labute approximate surface area is 109 Å². The summed E-state index contributed by atoms with van der Waals surface area (Å²) in [6, 6.07) is 0.200. The fraction of sp³-hybridized carbons (Fsp3) is 0.909. The molecule has 0 heterocycles. The van der Waals surface area contributed by atoms with Gasteiger partial charge in [0.15, 0.2) is 0 Å². The van der Waals surface area contributed by atoms with Crippen LogP contribution in [0.4, 0.5) is 0 Å². The smallest absolute Gasteiger partial charge is 0.206 e. The minimum atomic E-state index is 0.200. The number of rotatable bonds is 9. The van der Waals surface area contributed by atoms with E-state index in [4.69, 9.17) is 10.6 Å². The second-order valence-corrected chi connectivity index (χ2v) is 4.91. The number of nitrogens with one attached hydrogen (secondary N) is 2. The molecule has 0 rings (SSSR count). The van der Waals surface area contributed by atoms with Crippen LogP contribution in [0.5, 0.6) is 0 Å². The zero-order valence-electron chi connectivity index (χ0n) is 11.2. The van der Waals surface area contributed by atoms with E-state index in [0.717, 1.165) is 13.0 Å². The molecule has 102 valence electrons. The van der Waals surface area contributed by atoms with E-state index in [1.807, 2.05) is 18.7 Å². The number of nitrogens with two attached hydrogens (primary N) is 1. The number of guanidine groups is 1. The van der Waals surface area contributed by atoms with E-state index in [2.05, 4.69) is 22.0 Å². The summed E-state index contributed by atoms with van der Waals surface area (Å²) in [5.74, 6) is 7.26. The van der Waals surface area contributed by atoms with Gasteiger partial charge in [-0.05, 0) is 31.8 Å². The molecule has 0 bridgehead atoms. The standard InChI is InChI=1S/C11H26N4OS/c1-10(9-16-2)14-11(15-12)13-7-5-4-6-8-17-3/h10H,4-9,12H2,1-3H3,(H2,13,14,15). The van der Waals surface area contributed by atoms with Gasteiger partial charge in [0, 0.05) is 19.7 Å². The van der Waals surface area contributed by atoms with Crippen LogP contribution < -0.4 is 16.6 Å². The Morgan fingerprint density at radius 3 is 2.76 bits per heavy atom. The summed E-state index contributed by atoms with van der Waals surface area (Å²) in [5.41, 5.74) is 2.57. The molecule has 1 unspecified atom stereocenters. The lowest BCUT2D eigenvalue weighted by molar-refractivity contribution is 0.179. The van der Waals surface area contributed by atoms with Crippen LogP contribution in [0.25, 0.3) is 0 Å². The Hall–Kier alpha value is -0.460. The number of nitrogens with zero attached hydrogens (tertiary/aromatic N) is 1. The van der Waals surface area contributed by atoms with Crippen molar-refractivity contribution in [2.75, 3.05) is 32.3 Å². The highest BCUT2D eigenvalue weighted by Crippen LogP contribution is 2.02. The molecule has 5 nitrogen and oxygen atoms in total. The maximum atomic E-state index is 5.39. The van der Waals surface area contributed by atoms with Crippen LogP contribution in [0.15, 0.2) is 4.99 Å². The zero-order valence-corrected chi connectivity index (χ0v) is 12.0. The molecule has 4 N–H and O–H groups in total.